The summed E-state index contributed by atoms with van der Waals surface area (Å²) in [5, 5.41) is 0. The maximum absolute atomic E-state index is 5.94. The Kier molecular flexibility index (Phi) is 4.10. The Morgan fingerprint density at radius 2 is 2.12 bits per heavy atom. The van der Waals surface area contributed by atoms with Crippen molar-refractivity contribution in [3.05, 3.63) is 30.1 Å². The molecule has 4 nitrogen and oxygen atoms in total. The van der Waals surface area contributed by atoms with Crippen molar-refractivity contribution in [3.8, 4) is 0 Å². The molecular weight excluding hydrogens is 212 g/mol. The van der Waals surface area contributed by atoms with E-state index in [0.29, 0.717) is 18.6 Å². The summed E-state index contributed by atoms with van der Waals surface area (Å²) in [5.74, 6) is 0. The lowest BCUT2D eigenvalue weighted by molar-refractivity contribution is 0.0741. The molecule has 0 spiro atoms. The van der Waals surface area contributed by atoms with Gasteiger partial charge in [-0.15, -0.1) is 0 Å². The van der Waals surface area contributed by atoms with E-state index < -0.39 is 0 Å². The maximum Gasteiger partial charge on any atom is 0.0472 e. The van der Waals surface area contributed by atoms with Crippen LogP contribution in [0.25, 0.3) is 0 Å². The average molecular weight is 234 g/mol. The summed E-state index contributed by atoms with van der Waals surface area (Å²) in [5.41, 5.74) is 7.22. The number of rotatable bonds is 3. The van der Waals surface area contributed by atoms with Crippen molar-refractivity contribution in [1.29, 1.82) is 0 Å². The highest BCUT2D eigenvalue weighted by atomic mass is 15.3. The molecule has 1 aliphatic heterocycles. The molecular formula is C13H22N4. The predicted molar refractivity (Wildman–Crippen MR) is 69.7 cm³/mol. The van der Waals surface area contributed by atoms with Gasteiger partial charge in [0.15, 0.2) is 0 Å². The Labute approximate surface area is 103 Å². The van der Waals surface area contributed by atoms with E-state index >= 15 is 0 Å². The van der Waals surface area contributed by atoms with E-state index in [1.54, 1.807) is 0 Å². The van der Waals surface area contributed by atoms with Crippen LogP contribution in [0.4, 0.5) is 0 Å². The van der Waals surface area contributed by atoms with Crippen LogP contribution in [0.2, 0.25) is 0 Å². The Hall–Kier alpha value is -0.970. The van der Waals surface area contributed by atoms with Gasteiger partial charge in [0, 0.05) is 50.7 Å². The van der Waals surface area contributed by atoms with Gasteiger partial charge < -0.3 is 10.6 Å². The van der Waals surface area contributed by atoms with Crippen molar-refractivity contribution in [2.75, 3.05) is 33.2 Å². The van der Waals surface area contributed by atoms with Crippen LogP contribution in [0.5, 0.6) is 0 Å². The standard InChI is InChI=1S/C13H22N4/c1-11-10-17(8-7-16(11)2)13(9-14)12-3-5-15-6-4-12/h3-6,11,13H,7-10,14H2,1-2H3. The van der Waals surface area contributed by atoms with Crippen LogP contribution >= 0.6 is 0 Å². The third-order valence-corrected chi connectivity index (χ3v) is 3.75. The molecule has 0 radical (unpaired) electrons. The number of aromatic nitrogens is 1. The summed E-state index contributed by atoms with van der Waals surface area (Å²) in [6.45, 7) is 6.22. The summed E-state index contributed by atoms with van der Waals surface area (Å²) in [6, 6.07) is 5.06. The van der Waals surface area contributed by atoms with E-state index in [4.69, 9.17) is 5.73 Å². The smallest absolute Gasteiger partial charge is 0.0472 e. The monoisotopic (exact) mass is 234 g/mol. The van der Waals surface area contributed by atoms with Gasteiger partial charge >= 0.3 is 0 Å². The van der Waals surface area contributed by atoms with E-state index in [1.165, 1.54) is 5.56 Å². The molecule has 0 aromatic carbocycles. The molecule has 1 fully saturated rings. The van der Waals surface area contributed by atoms with Crippen LogP contribution in [0, 0.1) is 0 Å². The van der Waals surface area contributed by atoms with Crippen molar-refractivity contribution in [2.45, 2.75) is 19.0 Å². The molecule has 0 amide bonds. The van der Waals surface area contributed by atoms with Gasteiger partial charge in [0.25, 0.3) is 0 Å². The number of hydrogen-bond acceptors (Lipinski definition) is 4. The number of nitrogens with two attached hydrogens (primary N) is 1. The molecule has 4 heteroatoms. The highest BCUT2D eigenvalue weighted by molar-refractivity contribution is 5.16. The largest absolute Gasteiger partial charge is 0.329 e. The summed E-state index contributed by atoms with van der Waals surface area (Å²) in [4.78, 5) is 8.95. The van der Waals surface area contributed by atoms with E-state index in [1.807, 2.05) is 12.4 Å². The third kappa shape index (κ3) is 2.83. The molecule has 0 saturated carbocycles. The zero-order valence-electron chi connectivity index (χ0n) is 10.7. The van der Waals surface area contributed by atoms with Crippen LogP contribution in [-0.4, -0.2) is 54.1 Å². The second kappa shape index (κ2) is 5.58. The number of piperazine rings is 1. The molecule has 0 bridgehead atoms. The number of hydrogen-bond donors (Lipinski definition) is 1. The minimum absolute atomic E-state index is 0.328. The van der Waals surface area contributed by atoms with Gasteiger partial charge in [-0.25, -0.2) is 0 Å². The van der Waals surface area contributed by atoms with Gasteiger partial charge in [-0.05, 0) is 31.7 Å². The first kappa shape index (κ1) is 12.5. The molecule has 2 N–H and O–H groups in total. The third-order valence-electron chi connectivity index (χ3n) is 3.75. The minimum atomic E-state index is 0.328. The van der Waals surface area contributed by atoms with Crippen LogP contribution in [0.3, 0.4) is 0 Å². The Morgan fingerprint density at radius 1 is 1.41 bits per heavy atom. The SMILES string of the molecule is CC1CN(C(CN)c2ccncc2)CCN1C. The molecule has 1 saturated heterocycles. The Balaban J connectivity index is 2.09. The lowest BCUT2D eigenvalue weighted by atomic mass is 10.0. The van der Waals surface area contributed by atoms with E-state index in [2.05, 4.69) is 40.9 Å². The molecule has 2 heterocycles. The second-order valence-electron chi connectivity index (χ2n) is 4.86. The molecule has 0 aliphatic carbocycles. The van der Waals surface area contributed by atoms with Gasteiger partial charge in [-0.3, -0.25) is 9.88 Å². The van der Waals surface area contributed by atoms with Crippen LogP contribution < -0.4 is 5.73 Å². The fourth-order valence-electron chi connectivity index (χ4n) is 2.44. The van der Waals surface area contributed by atoms with Gasteiger partial charge in [0.2, 0.25) is 0 Å². The quantitative estimate of drug-likeness (QED) is 0.837. The van der Waals surface area contributed by atoms with Crippen molar-refractivity contribution in [3.63, 3.8) is 0 Å². The number of nitrogens with zero attached hydrogens (tertiary/aromatic N) is 3. The minimum Gasteiger partial charge on any atom is -0.329 e. The fraction of sp³-hybridized carbons (Fsp3) is 0.615. The van der Waals surface area contributed by atoms with Gasteiger partial charge in [-0.2, -0.15) is 0 Å². The van der Waals surface area contributed by atoms with Gasteiger partial charge in [-0.1, -0.05) is 0 Å². The predicted octanol–water partition coefficient (Wildman–Crippen LogP) is 0.717. The van der Waals surface area contributed by atoms with Crippen molar-refractivity contribution >= 4 is 0 Å². The molecule has 1 aliphatic rings. The van der Waals surface area contributed by atoms with Gasteiger partial charge in [0.1, 0.15) is 0 Å². The van der Waals surface area contributed by atoms with Gasteiger partial charge in [0.05, 0.1) is 0 Å². The molecule has 94 valence electrons. The average Bonchev–Trinajstić information content (AvgIpc) is 2.36. The second-order valence-corrected chi connectivity index (χ2v) is 4.86. The first-order valence-electron chi connectivity index (χ1n) is 6.26. The number of likely N-dealkylation sites (N-methyl/N-ethyl adjacent to an activating group) is 1. The zero-order chi connectivity index (χ0) is 12.3. The molecule has 17 heavy (non-hydrogen) atoms. The maximum atomic E-state index is 5.94. The zero-order valence-corrected chi connectivity index (χ0v) is 10.7. The molecule has 2 atom stereocenters. The normalized spacial score (nSPS) is 24.8. The summed E-state index contributed by atoms with van der Waals surface area (Å²) >= 11 is 0. The first-order valence-corrected chi connectivity index (χ1v) is 6.26. The Bertz CT molecular complexity index is 341. The highest BCUT2D eigenvalue weighted by Crippen LogP contribution is 2.21. The Morgan fingerprint density at radius 3 is 2.71 bits per heavy atom. The topological polar surface area (TPSA) is 45.4 Å². The van der Waals surface area contributed by atoms with Crippen molar-refractivity contribution < 1.29 is 0 Å². The van der Waals surface area contributed by atoms with Crippen LogP contribution in [0.15, 0.2) is 24.5 Å². The lowest BCUT2D eigenvalue weighted by Gasteiger charge is -2.41. The number of pyridine rings is 1. The summed E-state index contributed by atoms with van der Waals surface area (Å²) in [6.07, 6.45) is 3.69. The lowest BCUT2D eigenvalue weighted by Crippen LogP contribution is -2.52. The van der Waals surface area contributed by atoms with Crippen LogP contribution in [0.1, 0.15) is 18.5 Å². The first-order chi connectivity index (χ1) is 8.22. The highest BCUT2D eigenvalue weighted by Gasteiger charge is 2.26. The van der Waals surface area contributed by atoms with Crippen molar-refractivity contribution in [1.82, 2.24) is 14.8 Å². The molecule has 1 aromatic rings. The van der Waals surface area contributed by atoms with E-state index in [0.717, 1.165) is 19.6 Å². The fourth-order valence-corrected chi connectivity index (χ4v) is 2.44. The molecule has 1 aromatic heterocycles. The van der Waals surface area contributed by atoms with E-state index in [9.17, 15) is 0 Å². The van der Waals surface area contributed by atoms with Crippen molar-refractivity contribution in [2.24, 2.45) is 5.73 Å². The summed E-state index contributed by atoms with van der Waals surface area (Å²) < 4.78 is 0. The molecule has 2 rings (SSSR count). The van der Waals surface area contributed by atoms with E-state index in [-0.39, 0.29) is 0 Å². The van der Waals surface area contributed by atoms with Crippen LogP contribution in [-0.2, 0) is 0 Å². The molecule has 2 unspecified atom stereocenters. The summed E-state index contributed by atoms with van der Waals surface area (Å²) in [7, 11) is 2.19.